The van der Waals surface area contributed by atoms with E-state index in [1.165, 1.54) is 0 Å². The minimum absolute atomic E-state index is 0.181. The van der Waals surface area contributed by atoms with Gasteiger partial charge in [0, 0.05) is 34.1 Å². The van der Waals surface area contributed by atoms with Gasteiger partial charge in [0.1, 0.15) is 5.76 Å². The second-order valence-electron chi connectivity index (χ2n) is 5.24. The maximum atomic E-state index is 5.36. The Bertz CT molecular complexity index is 478. The fourth-order valence-corrected chi connectivity index (χ4v) is 1.93. The Morgan fingerprint density at radius 2 is 2.15 bits per heavy atom. The zero-order valence-electron chi connectivity index (χ0n) is 12.6. The molecule has 20 heavy (non-hydrogen) atoms. The van der Waals surface area contributed by atoms with Crippen molar-refractivity contribution in [1.29, 1.82) is 0 Å². The summed E-state index contributed by atoms with van der Waals surface area (Å²) in [5.41, 5.74) is 0. The van der Waals surface area contributed by atoms with Crippen molar-refractivity contribution in [3.63, 3.8) is 0 Å². The highest BCUT2D eigenvalue weighted by Gasteiger charge is 2.16. The Labute approximate surface area is 120 Å². The van der Waals surface area contributed by atoms with Gasteiger partial charge in [-0.15, -0.1) is 0 Å². The number of guanidine groups is 2. The normalized spacial score (nSPS) is 18.7. The molecule has 110 valence electrons. The molecule has 0 aromatic carbocycles. The van der Waals surface area contributed by atoms with Crippen molar-refractivity contribution in [3.8, 4) is 0 Å². The van der Waals surface area contributed by atoms with Crippen LogP contribution in [0.2, 0.25) is 0 Å². The highest BCUT2D eigenvalue weighted by molar-refractivity contribution is 5.98. The first-order valence-electron chi connectivity index (χ1n) is 6.86. The molecule has 1 aromatic heterocycles. The van der Waals surface area contributed by atoms with E-state index in [4.69, 9.17) is 4.42 Å². The Balaban J connectivity index is 1.99. The number of aliphatic imine (C=N–C) groups is 2. The maximum absolute atomic E-state index is 5.36. The number of furan rings is 1. The van der Waals surface area contributed by atoms with E-state index < -0.39 is 0 Å². The third kappa shape index (κ3) is 3.76. The largest absolute Gasteiger partial charge is 0.469 e. The van der Waals surface area contributed by atoms with Gasteiger partial charge in [-0.05, 0) is 19.1 Å². The predicted octanol–water partition coefficient (Wildman–Crippen LogP) is 1.02. The third-order valence-electron chi connectivity index (χ3n) is 3.13. The van der Waals surface area contributed by atoms with E-state index in [1.54, 1.807) is 6.26 Å². The molecule has 0 bridgehead atoms. The minimum Gasteiger partial charge on any atom is -0.469 e. The van der Waals surface area contributed by atoms with E-state index in [2.05, 4.69) is 27.1 Å². The van der Waals surface area contributed by atoms with Crippen molar-refractivity contribution >= 4 is 11.9 Å². The molecule has 6 nitrogen and oxygen atoms in total. The lowest BCUT2D eigenvalue weighted by molar-refractivity contribution is 0.442. The van der Waals surface area contributed by atoms with Crippen LogP contribution in [0.15, 0.2) is 32.8 Å². The van der Waals surface area contributed by atoms with Crippen molar-refractivity contribution in [2.24, 2.45) is 9.98 Å². The summed E-state index contributed by atoms with van der Waals surface area (Å²) in [7, 11) is 5.98. The summed E-state index contributed by atoms with van der Waals surface area (Å²) in [6.45, 7) is 3.62. The Morgan fingerprint density at radius 1 is 1.35 bits per heavy atom. The molecule has 2 rings (SSSR count). The van der Waals surface area contributed by atoms with E-state index in [9.17, 15) is 0 Å². The summed E-state index contributed by atoms with van der Waals surface area (Å²) in [5, 5.41) is 3.30. The lowest BCUT2D eigenvalue weighted by Gasteiger charge is -2.24. The molecule has 0 fully saturated rings. The summed E-state index contributed by atoms with van der Waals surface area (Å²) in [5.74, 6) is 2.69. The first-order chi connectivity index (χ1) is 9.56. The molecule has 0 radical (unpaired) electrons. The molecule has 1 aromatic rings. The number of rotatable bonds is 3. The van der Waals surface area contributed by atoms with Crippen molar-refractivity contribution in [3.05, 3.63) is 24.2 Å². The van der Waals surface area contributed by atoms with Crippen LogP contribution >= 0.6 is 0 Å². The topological polar surface area (TPSA) is 56.4 Å². The summed E-state index contributed by atoms with van der Waals surface area (Å²) in [6.07, 6.45) is 2.56. The lowest BCUT2D eigenvalue weighted by atomic mass is 10.3. The number of likely N-dealkylation sites (N-methyl/N-ethyl adjacent to an activating group) is 1. The SMILES string of the molecule is CC1CN=C(N(C)C)NC(N(C)CCc2ccco2)=N1. The molecule has 0 saturated heterocycles. The summed E-state index contributed by atoms with van der Waals surface area (Å²) in [6, 6.07) is 4.09. The van der Waals surface area contributed by atoms with E-state index >= 15 is 0 Å². The van der Waals surface area contributed by atoms with E-state index in [1.807, 2.05) is 38.2 Å². The first-order valence-corrected chi connectivity index (χ1v) is 6.86. The molecule has 0 amide bonds. The van der Waals surface area contributed by atoms with Gasteiger partial charge in [-0.2, -0.15) is 0 Å². The Hall–Kier alpha value is -1.98. The molecule has 6 heteroatoms. The molecule has 1 unspecified atom stereocenters. The standard InChI is InChI=1S/C14H23N5O/c1-11-10-15-13(18(2)3)17-14(16-11)19(4)8-7-12-6-5-9-20-12/h5-6,9,11H,7-8,10H2,1-4H3,(H,15,16,17). The van der Waals surface area contributed by atoms with Gasteiger partial charge in [0.05, 0.1) is 18.8 Å². The molecule has 1 atom stereocenters. The molecule has 1 aliphatic heterocycles. The van der Waals surface area contributed by atoms with Crippen molar-refractivity contribution < 1.29 is 4.42 Å². The fraction of sp³-hybridized carbons (Fsp3) is 0.571. The van der Waals surface area contributed by atoms with Gasteiger partial charge in [-0.25, -0.2) is 4.99 Å². The number of nitrogens with one attached hydrogen (secondary N) is 1. The van der Waals surface area contributed by atoms with Crippen LogP contribution in [-0.4, -0.2) is 62.0 Å². The van der Waals surface area contributed by atoms with Gasteiger partial charge >= 0.3 is 0 Å². The molecule has 1 aliphatic rings. The van der Waals surface area contributed by atoms with Gasteiger partial charge in [-0.1, -0.05) is 0 Å². The summed E-state index contributed by atoms with van der Waals surface area (Å²) < 4.78 is 5.36. The fourth-order valence-electron chi connectivity index (χ4n) is 1.93. The number of nitrogens with zero attached hydrogens (tertiary/aromatic N) is 4. The zero-order chi connectivity index (χ0) is 14.5. The third-order valence-corrected chi connectivity index (χ3v) is 3.13. The van der Waals surface area contributed by atoms with Gasteiger partial charge in [0.2, 0.25) is 5.96 Å². The monoisotopic (exact) mass is 277 g/mol. The second-order valence-corrected chi connectivity index (χ2v) is 5.24. The molecule has 0 spiro atoms. The molecular formula is C14H23N5O. The quantitative estimate of drug-likeness (QED) is 0.896. The molecule has 2 heterocycles. The second kappa shape index (κ2) is 6.45. The van der Waals surface area contributed by atoms with Crippen molar-refractivity contribution in [2.75, 3.05) is 34.2 Å². The first kappa shape index (κ1) is 14.4. The maximum Gasteiger partial charge on any atom is 0.200 e. The van der Waals surface area contributed by atoms with Crippen LogP contribution < -0.4 is 5.32 Å². The van der Waals surface area contributed by atoms with Crippen molar-refractivity contribution in [2.45, 2.75) is 19.4 Å². The molecular weight excluding hydrogens is 254 g/mol. The molecule has 0 saturated carbocycles. The van der Waals surface area contributed by atoms with E-state index in [0.717, 1.165) is 30.6 Å². The Kier molecular flexibility index (Phi) is 4.65. The zero-order valence-corrected chi connectivity index (χ0v) is 12.6. The van der Waals surface area contributed by atoms with Gasteiger partial charge in [0.15, 0.2) is 5.96 Å². The smallest absolute Gasteiger partial charge is 0.200 e. The van der Waals surface area contributed by atoms with Gasteiger partial charge in [-0.3, -0.25) is 10.3 Å². The number of hydrogen-bond acceptors (Lipinski definition) is 6. The van der Waals surface area contributed by atoms with Crippen LogP contribution in [0.5, 0.6) is 0 Å². The van der Waals surface area contributed by atoms with Crippen LogP contribution in [0.1, 0.15) is 12.7 Å². The van der Waals surface area contributed by atoms with Crippen LogP contribution in [0.3, 0.4) is 0 Å². The highest BCUT2D eigenvalue weighted by atomic mass is 16.3. The van der Waals surface area contributed by atoms with Crippen molar-refractivity contribution in [1.82, 2.24) is 15.1 Å². The average Bonchev–Trinajstić information content (AvgIpc) is 2.84. The van der Waals surface area contributed by atoms with Crippen LogP contribution in [0.25, 0.3) is 0 Å². The van der Waals surface area contributed by atoms with E-state index in [-0.39, 0.29) is 6.04 Å². The van der Waals surface area contributed by atoms with Gasteiger partial charge in [0.25, 0.3) is 0 Å². The number of hydrogen-bond donors (Lipinski definition) is 1. The van der Waals surface area contributed by atoms with E-state index in [0.29, 0.717) is 6.54 Å². The summed E-state index contributed by atoms with van der Waals surface area (Å²) >= 11 is 0. The highest BCUT2D eigenvalue weighted by Crippen LogP contribution is 2.04. The predicted molar refractivity (Wildman–Crippen MR) is 81.1 cm³/mol. The molecule has 1 N–H and O–H groups in total. The molecule has 0 aliphatic carbocycles. The summed E-state index contributed by atoms with van der Waals surface area (Å²) in [4.78, 5) is 13.3. The van der Waals surface area contributed by atoms with Crippen LogP contribution in [-0.2, 0) is 6.42 Å². The average molecular weight is 277 g/mol. The van der Waals surface area contributed by atoms with Crippen LogP contribution in [0.4, 0.5) is 0 Å². The van der Waals surface area contributed by atoms with Crippen LogP contribution in [0, 0.1) is 0 Å². The lowest BCUT2D eigenvalue weighted by Crippen LogP contribution is -2.47. The van der Waals surface area contributed by atoms with Gasteiger partial charge < -0.3 is 14.2 Å². The minimum atomic E-state index is 0.181. The Morgan fingerprint density at radius 3 is 2.80 bits per heavy atom.